The molecule has 2 aromatic carbocycles. The summed E-state index contributed by atoms with van der Waals surface area (Å²) >= 11 is 6.00. The van der Waals surface area contributed by atoms with Crippen molar-refractivity contribution in [2.45, 2.75) is 13.5 Å². The number of hydrogen-bond donors (Lipinski definition) is 1. The molecule has 1 amide bonds. The van der Waals surface area contributed by atoms with E-state index in [2.05, 4.69) is 10.4 Å². The van der Waals surface area contributed by atoms with E-state index in [0.717, 1.165) is 0 Å². The van der Waals surface area contributed by atoms with Gasteiger partial charge in [0.05, 0.1) is 23.4 Å². The number of benzene rings is 2. The van der Waals surface area contributed by atoms with Crippen LogP contribution < -0.4 is 5.32 Å². The van der Waals surface area contributed by atoms with Gasteiger partial charge in [0.15, 0.2) is 0 Å². The van der Waals surface area contributed by atoms with Crippen molar-refractivity contribution >= 4 is 28.9 Å². The molecule has 27 heavy (non-hydrogen) atoms. The number of nitro groups is 1. The molecule has 3 rings (SSSR count). The van der Waals surface area contributed by atoms with Crippen molar-refractivity contribution < 1.29 is 14.1 Å². The van der Waals surface area contributed by atoms with Crippen LogP contribution in [0.5, 0.6) is 0 Å². The second kappa shape index (κ2) is 7.55. The topological polar surface area (TPSA) is 90.1 Å². The lowest BCUT2D eigenvalue weighted by Crippen LogP contribution is -2.12. The van der Waals surface area contributed by atoms with Crippen LogP contribution in [0.25, 0.3) is 0 Å². The fourth-order valence-corrected chi connectivity index (χ4v) is 2.73. The standard InChI is InChI=1S/C18H14ClFN4O3/c1-11-5-6-12(7-17(11)24(26)27)18(25)22-13-8-21-23(9-13)10-14-15(19)3-2-4-16(14)20/h2-9H,10H2,1H3,(H,22,25). The van der Waals surface area contributed by atoms with Gasteiger partial charge in [0.25, 0.3) is 11.6 Å². The number of rotatable bonds is 5. The summed E-state index contributed by atoms with van der Waals surface area (Å²) in [6.45, 7) is 1.69. The Bertz CT molecular complexity index is 1010. The molecule has 0 saturated carbocycles. The number of nitro benzene ring substituents is 1. The number of nitrogens with zero attached hydrogens (tertiary/aromatic N) is 3. The van der Waals surface area contributed by atoms with Crippen LogP contribution in [0.15, 0.2) is 48.8 Å². The first-order valence-corrected chi connectivity index (χ1v) is 8.24. The van der Waals surface area contributed by atoms with Crippen LogP contribution in [-0.2, 0) is 6.54 Å². The quantitative estimate of drug-likeness (QED) is 0.524. The summed E-state index contributed by atoms with van der Waals surface area (Å²) in [5.41, 5.74) is 1.14. The van der Waals surface area contributed by atoms with E-state index in [0.29, 0.717) is 11.3 Å². The molecule has 1 heterocycles. The van der Waals surface area contributed by atoms with Gasteiger partial charge in [0.1, 0.15) is 5.82 Å². The Morgan fingerprint density at radius 3 is 2.85 bits per heavy atom. The molecular weight excluding hydrogens is 375 g/mol. The molecule has 1 N–H and O–H groups in total. The van der Waals surface area contributed by atoms with Gasteiger partial charge in [0.2, 0.25) is 0 Å². The maximum Gasteiger partial charge on any atom is 0.273 e. The molecule has 0 aliphatic heterocycles. The summed E-state index contributed by atoms with van der Waals surface area (Å²) in [5, 5.41) is 18.0. The van der Waals surface area contributed by atoms with Crippen molar-refractivity contribution in [1.29, 1.82) is 0 Å². The number of hydrogen-bond acceptors (Lipinski definition) is 4. The average molecular weight is 389 g/mol. The van der Waals surface area contributed by atoms with Gasteiger partial charge in [-0.15, -0.1) is 0 Å². The summed E-state index contributed by atoms with van der Waals surface area (Å²) < 4.78 is 15.3. The number of carbonyl (C=O) groups is 1. The summed E-state index contributed by atoms with van der Waals surface area (Å²) in [7, 11) is 0. The summed E-state index contributed by atoms with van der Waals surface area (Å²) in [6, 6.07) is 8.62. The third-order valence-electron chi connectivity index (χ3n) is 3.94. The van der Waals surface area contributed by atoms with Gasteiger partial charge in [-0.25, -0.2) is 4.39 Å². The number of carbonyl (C=O) groups excluding carboxylic acids is 1. The van der Waals surface area contributed by atoms with Crippen molar-refractivity contribution in [1.82, 2.24) is 9.78 Å². The van der Waals surface area contributed by atoms with Gasteiger partial charge in [0, 0.05) is 34.0 Å². The van der Waals surface area contributed by atoms with Crippen LogP contribution in [0.3, 0.4) is 0 Å². The Morgan fingerprint density at radius 2 is 2.15 bits per heavy atom. The van der Waals surface area contributed by atoms with Gasteiger partial charge in [-0.05, 0) is 25.1 Å². The maximum atomic E-state index is 13.9. The molecule has 0 spiro atoms. The van der Waals surface area contributed by atoms with E-state index in [9.17, 15) is 19.3 Å². The third kappa shape index (κ3) is 4.12. The van der Waals surface area contributed by atoms with Crippen LogP contribution >= 0.6 is 11.6 Å². The minimum absolute atomic E-state index is 0.0946. The predicted molar refractivity (Wildman–Crippen MR) is 98.5 cm³/mol. The number of nitrogens with one attached hydrogen (secondary N) is 1. The molecule has 9 heteroatoms. The van der Waals surface area contributed by atoms with Crippen LogP contribution in [0.1, 0.15) is 21.5 Å². The highest BCUT2D eigenvalue weighted by molar-refractivity contribution is 6.31. The first-order chi connectivity index (χ1) is 12.8. The number of anilines is 1. The van der Waals surface area contributed by atoms with E-state index in [1.165, 1.54) is 47.4 Å². The zero-order chi connectivity index (χ0) is 19.6. The Kier molecular flexibility index (Phi) is 5.18. The van der Waals surface area contributed by atoms with Crippen molar-refractivity contribution in [2.24, 2.45) is 0 Å². The third-order valence-corrected chi connectivity index (χ3v) is 4.30. The van der Waals surface area contributed by atoms with Crippen LogP contribution in [0.2, 0.25) is 5.02 Å². The van der Waals surface area contributed by atoms with Gasteiger partial charge < -0.3 is 5.32 Å². The van der Waals surface area contributed by atoms with E-state index >= 15 is 0 Å². The van der Waals surface area contributed by atoms with E-state index in [-0.39, 0.29) is 28.4 Å². The molecule has 0 atom stereocenters. The minimum atomic E-state index is -0.539. The molecule has 0 saturated heterocycles. The monoisotopic (exact) mass is 388 g/mol. The van der Waals surface area contributed by atoms with Crippen LogP contribution in [0, 0.1) is 22.9 Å². The highest BCUT2D eigenvalue weighted by atomic mass is 35.5. The molecule has 1 aromatic heterocycles. The molecule has 0 radical (unpaired) electrons. The van der Waals surface area contributed by atoms with Crippen molar-refractivity contribution in [3.63, 3.8) is 0 Å². The molecular formula is C18H14ClFN4O3. The lowest BCUT2D eigenvalue weighted by molar-refractivity contribution is -0.385. The van der Waals surface area contributed by atoms with Crippen molar-refractivity contribution in [3.05, 3.63) is 86.4 Å². The SMILES string of the molecule is Cc1ccc(C(=O)Nc2cnn(Cc3c(F)cccc3Cl)c2)cc1[N+](=O)[O-]. The van der Waals surface area contributed by atoms with Gasteiger partial charge >= 0.3 is 0 Å². The molecule has 0 aliphatic rings. The zero-order valence-corrected chi connectivity index (χ0v) is 14.9. The molecule has 3 aromatic rings. The zero-order valence-electron chi connectivity index (χ0n) is 14.1. The average Bonchev–Trinajstić information content (AvgIpc) is 3.05. The number of aryl methyl sites for hydroxylation is 1. The largest absolute Gasteiger partial charge is 0.319 e. The Balaban J connectivity index is 1.75. The normalized spacial score (nSPS) is 10.6. The van der Waals surface area contributed by atoms with E-state index in [4.69, 9.17) is 11.6 Å². The van der Waals surface area contributed by atoms with Gasteiger partial charge in [-0.1, -0.05) is 23.7 Å². The highest BCUT2D eigenvalue weighted by Crippen LogP contribution is 2.22. The Hall–Kier alpha value is -3.26. The lowest BCUT2D eigenvalue weighted by atomic mass is 10.1. The summed E-state index contributed by atoms with van der Waals surface area (Å²) in [6.07, 6.45) is 2.92. The number of amides is 1. The first-order valence-electron chi connectivity index (χ1n) is 7.87. The van der Waals surface area contributed by atoms with Crippen LogP contribution in [0.4, 0.5) is 15.8 Å². The summed E-state index contributed by atoms with van der Waals surface area (Å²) in [5.74, 6) is -0.961. The molecule has 0 unspecified atom stereocenters. The molecule has 0 bridgehead atoms. The van der Waals surface area contributed by atoms with Crippen LogP contribution in [-0.4, -0.2) is 20.6 Å². The van der Waals surface area contributed by atoms with Crippen molar-refractivity contribution in [2.75, 3.05) is 5.32 Å². The lowest BCUT2D eigenvalue weighted by Gasteiger charge is -2.06. The molecule has 7 nitrogen and oxygen atoms in total. The Labute approximate surface area is 158 Å². The second-order valence-electron chi connectivity index (χ2n) is 5.84. The van der Waals surface area contributed by atoms with Gasteiger partial charge in [-0.3, -0.25) is 19.6 Å². The second-order valence-corrected chi connectivity index (χ2v) is 6.25. The first kappa shape index (κ1) is 18.5. The van der Waals surface area contributed by atoms with Gasteiger partial charge in [-0.2, -0.15) is 5.10 Å². The fourth-order valence-electron chi connectivity index (χ4n) is 2.51. The number of aromatic nitrogens is 2. The van der Waals surface area contributed by atoms with E-state index < -0.39 is 16.6 Å². The highest BCUT2D eigenvalue weighted by Gasteiger charge is 2.16. The Morgan fingerprint density at radius 1 is 1.37 bits per heavy atom. The molecule has 0 aliphatic carbocycles. The van der Waals surface area contributed by atoms with Crippen molar-refractivity contribution in [3.8, 4) is 0 Å². The smallest absolute Gasteiger partial charge is 0.273 e. The van der Waals surface area contributed by atoms with E-state index in [1.54, 1.807) is 13.0 Å². The minimum Gasteiger partial charge on any atom is -0.319 e. The molecule has 138 valence electrons. The fraction of sp³-hybridized carbons (Fsp3) is 0.111. The number of halogens is 2. The van der Waals surface area contributed by atoms with E-state index in [1.807, 2.05) is 0 Å². The predicted octanol–water partition coefficient (Wildman–Crippen LogP) is 4.19. The maximum absolute atomic E-state index is 13.9. The summed E-state index contributed by atoms with van der Waals surface area (Å²) in [4.78, 5) is 22.8. The molecule has 0 fully saturated rings.